The third kappa shape index (κ3) is 6.72. The molecule has 184 valence electrons. The molecule has 0 bridgehead atoms. The summed E-state index contributed by atoms with van der Waals surface area (Å²) in [4.78, 5) is 38.8. The van der Waals surface area contributed by atoms with Gasteiger partial charge in [0.05, 0.1) is 13.9 Å². The number of carbonyl (C=O) groups excluding carboxylic acids is 3. The number of carbonyl (C=O) groups is 3. The molecule has 0 radical (unpaired) electrons. The minimum Gasteiger partial charge on any atom is -0.487 e. The van der Waals surface area contributed by atoms with Gasteiger partial charge in [0.25, 0.3) is 11.1 Å². The van der Waals surface area contributed by atoms with E-state index in [2.05, 4.69) is 37.2 Å². The Morgan fingerprint density at radius 2 is 1.56 bits per heavy atom. The number of rotatable bonds is 7. The zero-order valence-corrected chi connectivity index (χ0v) is 23.8. The van der Waals surface area contributed by atoms with Crippen LogP contribution in [0.25, 0.3) is 6.08 Å². The number of halogens is 4. The summed E-state index contributed by atoms with van der Waals surface area (Å²) in [7, 11) is 0. The van der Waals surface area contributed by atoms with Crippen molar-refractivity contribution in [2.24, 2.45) is 0 Å². The van der Waals surface area contributed by atoms with Gasteiger partial charge in [0, 0.05) is 15.7 Å². The van der Waals surface area contributed by atoms with Crippen LogP contribution in [0.1, 0.15) is 11.1 Å². The smallest absolute Gasteiger partial charge is 0.294 e. The largest absolute Gasteiger partial charge is 0.487 e. The quantitative estimate of drug-likeness (QED) is 0.260. The Bertz CT molecular complexity index is 1340. The number of nitrogens with one attached hydrogen (secondary N) is 1. The molecular formula is C25H16Br2Cl2N2O4S. The molecule has 0 atom stereocenters. The lowest BCUT2D eigenvalue weighted by molar-refractivity contribution is -0.127. The van der Waals surface area contributed by atoms with E-state index in [0.717, 1.165) is 22.2 Å². The van der Waals surface area contributed by atoms with Crippen molar-refractivity contribution in [2.75, 3.05) is 11.9 Å². The number of nitrogens with zero attached hydrogens (tertiary/aromatic N) is 1. The lowest BCUT2D eigenvalue weighted by Gasteiger charge is -2.13. The molecule has 0 unspecified atom stereocenters. The number of hydrogen-bond acceptors (Lipinski definition) is 5. The molecular weight excluding hydrogens is 655 g/mol. The van der Waals surface area contributed by atoms with Gasteiger partial charge in [-0.05, 0) is 109 Å². The van der Waals surface area contributed by atoms with Crippen molar-refractivity contribution in [2.45, 2.75) is 6.61 Å². The van der Waals surface area contributed by atoms with Crippen LogP contribution in [0.4, 0.5) is 10.5 Å². The fourth-order valence-electron chi connectivity index (χ4n) is 3.20. The van der Waals surface area contributed by atoms with Crippen LogP contribution in [0.15, 0.2) is 74.5 Å². The second-order valence-electron chi connectivity index (χ2n) is 7.55. The van der Waals surface area contributed by atoms with E-state index < -0.39 is 23.6 Å². The summed E-state index contributed by atoms with van der Waals surface area (Å²) >= 11 is 19.6. The summed E-state index contributed by atoms with van der Waals surface area (Å²) in [5, 5.41) is 3.31. The van der Waals surface area contributed by atoms with Crippen molar-refractivity contribution in [3.05, 3.63) is 95.7 Å². The Hall–Kier alpha value is -2.30. The maximum atomic E-state index is 12.8. The van der Waals surface area contributed by atoms with Crippen molar-refractivity contribution in [1.82, 2.24) is 4.90 Å². The second-order valence-corrected chi connectivity index (χ2v) is 11.1. The minimum absolute atomic E-state index is 0.216. The molecule has 1 aliphatic rings. The van der Waals surface area contributed by atoms with Gasteiger partial charge in [-0.2, -0.15) is 0 Å². The first kappa shape index (κ1) is 26.8. The number of hydrogen-bond donors (Lipinski definition) is 1. The molecule has 36 heavy (non-hydrogen) atoms. The van der Waals surface area contributed by atoms with Crippen LogP contribution in [-0.2, 0) is 16.2 Å². The van der Waals surface area contributed by atoms with Gasteiger partial charge in [-0.1, -0.05) is 35.3 Å². The Labute approximate surface area is 238 Å². The highest BCUT2D eigenvalue weighted by molar-refractivity contribution is 9.11. The Kier molecular flexibility index (Phi) is 8.79. The van der Waals surface area contributed by atoms with Crippen molar-refractivity contribution >= 4 is 95.6 Å². The van der Waals surface area contributed by atoms with Crippen LogP contribution in [-0.4, -0.2) is 28.5 Å². The predicted molar refractivity (Wildman–Crippen MR) is 150 cm³/mol. The Morgan fingerprint density at radius 3 is 2.17 bits per heavy atom. The van der Waals surface area contributed by atoms with Gasteiger partial charge >= 0.3 is 0 Å². The average Bonchev–Trinajstić information content (AvgIpc) is 3.08. The lowest BCUT2D eigenvalue weighted by Crippen LogP contribution is -2.36. The molecule has 1 fully saturated rings. The van der Waals surface area contributed by atoms with Crippen LogP contribution in [0, 0.1) is 0 Å². The summed E-state index contributed by atoms with van der Waals surface area (Å²) in [5.41, 5.74) is 2.14. The molecule has 3 aromatic carbocycles. The second kappa shape index (κ2) is 11.8. The molecule has 11 heteroatoms. The third-order valence-corrected chi connectivity index (χ3v) is 7.51. The molecule has 1 heterocycles. The van der Waals surface area contributed by atoms with E-state index in [9.17, 15) is 14.4 Å². The Morgan fingerprint density at radius 1 is 0.972 bits per heavy atom. The maximum absolute atomic E-state index is 12.8. The molecule has 0 spiro atoms. The molecule has 0 aromatic heterocycles. The summed E-state index contributed by atoms with van der Waals surface area (Å²) in [6.07, 6.45) is 1.60. The van der Waals surface area contributed by atoms with Crippen molar-refractivity contribution in [1.29, 1.82) is 0 Å². The Balaban J connectivity index is 1.43. The predicted octanol–water partition coefficient (Wildman–Crippen LogP) is 7.77. The molecule has 4 rings (SSSR count). The van der Waals surface area contributed by atoms with Gasteiger partial charge in [0.1, 0.15) is 18.9 Å². The van der Waals surface area contributed by atoms with Gasteiger partial charge in [-0.3, -0.25) is 19.3 Å². The topological polar surface area (TPSA) is 75.7 Å². The zero-order valence-electron chi connectivity index (χ0n) is 18.3. The molecule has 1 N–H and O–H groups in total. The number of amides is 3. The number of ether oxygens (including phenoxy) is 1. The molecule has 1 aliphatic heterocycles. The first-order chi connectivity index (χ1) is 17.2. The maximum Gasteiger partial charge on any atom is 0.294 e. The van der Waals surface area contributed by atoms with Crippen molar-refractivity contribution < 1.29 is 19.1 Å². The van der Waals surface area contributed by atoms with E-state index in [4.69, 9.17) is 27.9 Å². The van der Waals surface area contributed by atoms with Crippen LogP contribution < -0.4 is 10.1 Å². The van der Waals surface area contributed by atoms with E-state index in [1.54, 1.807) is 54.6 Å². The summed E-state index contributed by atoms with van der Waals surface area (Å²) in [6.45, 7) is -0.0554. The molecule has 1 saturated heterocycles. The summed E-state index contributed by atoms with van der Waals surface area (Å²) in [6, 6.07) is 17.4. The number of anilines is 1. The van der Waals surface area contributed by atoms with Crippen molar-refractivity contribution in [3.8, 4) is 5.75 Å². The van der Waals surface area contributed by atoms with Crippen LogP contribution in [0.2, 0.25) is 10.0 Å². The fraction of sp³-hybridized carbons (Fsp3) is 0.0800. The highest BCUT2D eigenvalue weighted by Gasteiger charge is 2.36. The van der Waals surface area contributed by atoms with E-state index in [-0.39, 0.29) is 4.91 Å². The number of thioether (sulfide) groups is 1. The lowest BCUT2D eigenvalue weighted by atomic mass is 10.2. The molecule has 3 amide bonds. The molecule has 0 aliphatic carbocycles. The van der Waals surface area contributed by atoms with Crippen molar-refractivity contribution in [3.63, 3.8) is 0 Å². The minimum atomic E-state index is -0.536. The third-order valence-electron chi connectivity index (χ3n) is 4.92. The fourth-order valence-corrected chi connectivity index (χ4v) is 5.74. The van der Waals surface area contributed by atoms with Crippen LogP contribution in [0.3, 0.4) is 0 Å². The molecule has 6 nitrogen and oxygen atoms in total. The number of imide groups is 1. The molecule has 3 aromatic rings. The summed E-state index contributed by atoms with van der Waals surface area (Å²) in [5.74, 6) is -0.436. The van der Waals surface area contributed by atoms with E-state index >= 15 is 0 Å². The summed E-state index contributed by atoms with van der Waals surface area (Å²) < 4.78 is 7.26. The number of benzene rings is 3. The van der Waals surface area contributed by atoms with Gasteiger partial charge in [0.2, 0.25) is 5.91 Å². The van der Waals surface area contributed by atoms with Gasteiger partial charge in [0.15, 0.2) is 0 Å². The first-order valence-electron chi connectivity index (χ1n) is 10.4. The van der Waals surface area contributed by atoms with E-state index in [1.807, 2.05) is 12.1 Å². The monoisotopic (exact) mass is 668 g/mol. The van der Waals surface area contributed by atoms with E-state index in [1.165, 1.54) is 0 Å². The van der Waals surface area contributed by atoms with E-state index in [0.29, 0.717) is 42.6 Å². The average molecular weight is 671 g/mol. The van der Waals surface area contributed by atoms with Crippen LogP contribution in [0.5, 0.6) is 5.75 Å². The van der Waals surface area contributed by atoms with Gasteiger partial charge in [-0.15, -0.1) is 0 Å². The normalized spacial score (nSPS) is 14.4. The SMILES string of the molecule is O=C(CN1C(=O)S/C(=C/c2cc(Br)c(OCc3ccc(Cl)cc3)c(Br)c2)C1=O)Nc1ccc(Cl)cc1. The highest BCUT2D eigenvalue weighted by atomic mass is 79.9. The van der Waals surface area contributed by atoms with Gasteiger partial charge in [-0.25, -0.2) is 0 Å². The van der Waals surface area contributed by atoms with Gasteiger partial charge < -0.3 is 10.1 Å². The highest BCUT2D eigenvalue weighted by Crippen LogP contribution is 2.38. The standard InChI is InChI=1S/C25H16Br2Cl2N2O4S/c26-19-9-15(10-20(27)23(19)35-13-14-1-3-16(28)4-2-14)11-21-24(33)31(25(34)36-21)12-22(32)30-18-7-5-17(29)6-8-18/h1-11H,12-13H2,(H,30,32)/b21-11+. The van der Waals surface area contributed by atoms with Crippen LogP contribution >= 0.6 is 66.8 Å². The first-order valence-corrected chi connectivity index (χ1v) is 13.5. The molecule has 0 saturated carbocycles. The zero-order chi connectivity index (χ0) is 25.8.